The van der Waals surface area contributed by atoms with Gasteiger partial charge in [-0.25, -0.2) is 9.97 Å². The van der Waals surface area contributed by atoms with Gasteiger partial charge in [0.25, 0.3) is 0 Å². The highest BCUT2D eigenvalue weighted by molar-refractivity contribution is 5.73. The van der Waals surface area contributed by atoms with Crippen LogP contribution in [0.4, 0.5) is 0 Å². The number of hydrogen-bond acceptors (Lipinski definition) is 5. The lowest BCUT2D eigenvalue weighted by atomic mass is 10.0. The summed E-state index contributed by atoms with van der Waals surface area (Å²) in [6, 6.07) is 8.09. The molecule has 1 amide bonds. The van der Waals surface area contributed by atoms with E-state index in [9.17, 15) is 4.79 Å². The van der Waals surface area contributed by atoms with Crippen molar-refractivity contribution >= 4 is 5.91 Å². The van der Waals surface area contributed by atoms with Gasteiger partial charge in [-0.2, -0.15) is 0 Å². The van der Waals surface area contributed by atoms with Crippen LogP contribution in [0.15, 0.2) is 43.0 Å². The van der Waals surface area contributed by atoms with Crippen LogP contribution in [0.1, 0.15) is 24.1 Å². The van der Waals surface area contributed by atoms with Gasteiger partial charge in [-0.15, -0.1) is 0 Å². The van der Waals surface area contributed by atoms with Crippen molar-refractivity contribution in [3.05, 3.63) is 54.1 Å². The van der Waals surface area contributed by atoms with Crippen LogP contribution >= 0.6 is 0 Å². The lowest BCUT2D eigenvalue weighted by molar-refractivity contribution is -0.132. The molecule has 1 fully saturated rings. The molecule has 0 spiro atoms. The number of carbonyl (C=O) groups excluding carboxylic acids is 1. The molecule has 3 rings (SSSR count). The van der Waals surface area contributed by atoms with Gasteiger partial charge in [0.15, 0.2) is 0 Å². The highest BCUT2D eigenvalue weighted by Gasteiger charge is 2.31. The molecule has 6 heteroatoms. The quantitative estimate of drug-likeness (QED) is 0.859. The standard InChI is InChI=1S/C18H22N4O2/c1-14(23)21-7-8-22(11-15-9-19-13-20-10-15)17(12-21)16-5-3-4-6-18(16)24-2/h3-6,9-10,13,17H,7-8,11-12H2,1-2H3. The molecular formula is C18H22N4O2. The second-order valence-electron chi connectivity index (χ2n) is 5.94. The van der Waals surface area contributed by atoms with E-state index in [2.05, 4.69) is 20.9 Å². The minimum absolute atomic E-state index is 0.0824. The largest absolute Gasteiger partial charge is 0.496 e. The summed E-state index contributed by atoms with van der Waals surface area (Å²) in [4.78, 5) is 24.3. The van der Waals surface area contributed by atoms with Gasteiger partial charge in [-0.3, -0.25) is 9.69 Å². The number of ether oxygens (including phenoxy) is 1. The van der Waals surface area contributed by atoms with E-state index < -0.39 is 0 Å². The monoisotopic (exact) mass is 326 g/mol. The van der Waals surface area contributed by atoms with Crippen LogP contribution in [0.5, 0.6) is 5.75 Å². The van der Waals surface area contributed by atoms with Crippen molar-refractivity contribution in [2.75, 3.05) is 26.7 Å². The zero-order valence-electron chi connectivity index (χ0n) is 14.1. The van der Waals surface area contributed by atoms with Gasteiger partial charge >= 0.3 is 0 Å². The van der Waals surface area contributed by atoms with Crippen molar-refractivity contribution in [1.29, 1.82) is 0 Å². The van der Waals surface area contributed by atoms with E-state index in [1.165, 1.54) is 6.33 Å². The first kappa shape index (κ1) is 16.4. The fourth-order valence-electron chi connectivity index (χ4n) is 3.18. The van der Waals surface area contributed by atoms with Gasteiger partial charge in [0.1, 0.15) is 12.1 Å². The number of hydrogen-bond donors (Lipinski definition) is 0. The van der Waals surface area contributed by atoms with Gasteiger partial charge in [-0.05, 0) is 6.07 Å². The molecule has 1 unspecified atom stereocenters. The maximum absolute atomic E-state index is 11.9. The summed E-state index contributed by atoms with van der Waals surface area (Å²) in [5.74, 6) is 0.958. The number of aromatic nitrogens is 2. The summed E-state index contributed by atoms with van der Waals surface area (Å²) < 4.78 is 5.54. The summed E-state index contributed by atoms with van der Waals surface area (Å²) in [7, 11) is 1.68. The van der Waals surface area contributed by atoms with Crippen molar-refractivity contribution < 1.29 is 9.53 Å². The van der Waals surface area contributed by atoms with E-state index in [0.717, 1.165) is 36.5 Å². The van der Waals surface area contributed by atoms with E-state index in [-0.39, 0.29) is 11.9 Å². The van der Waals surface area contributed by atoms with Crippen LogP contribution in [-0.4, -0.2) is 52.4 Å². The fourth-order valence-corrected chi connectivity index (χ4v) is 3.18. The Bertz CT molecular complexity index is 692. The number of benzene rings is 1. The molecule has 2 heterocycles. The first-order valence-corrected chi connectivity index (χ1v) is 8.05. The van der Waals surface area contributed by atoms with E-state index in [1.54, 1.807) is 14.0 Å². The average Bonchev–Trinajstić information content (AvgIpc) is 2.62. The van der Waals surface area contributed by atoms with Crippen LogP contribution in [-0.2, 0) is 11.3 Å². The average molecular weight is 326 g/mol. The predicted molar refractivity (Wildman–Crippen MR) is 90.4 cm³/mol. The summed E-state index contributed by atoms with van der Waals surface area (Å²) in [5.41, 5.74) is 2.16. The van der Waals surface area contributed by atoms with Crippen molar-refractivity contribution in [3.63, 3.8) is 0 Å². The van der Waals surface area contributed by atoms with Gasteiger partial charge in [0, 0.05) is 56.6 Å². The smallest absolute Gasteiger partial charge is 0.219 e. The van der Waals surface area contributed by atoms with E-state index in [1.807, 2.05) is 35.5 Å². The minimum Gasteiger partial charge on any atom is -0.496 e. The molecule has 24 heavy (non-hydrogen) atoms. The molecule has 126 valence electrons. The van der Waals surface area contributed by atoms with Crippen molar-refractivity contribution in [2.45, 2.75) is 19.5 Å². The van der Waals surface area contributed by atoms with Gasteiger partial charge < -0.3 is 9.64 Å². The summed E-state index contributed by atoms with van der Waals surface area (Å²) in [6.07, 6.45) is 5.21. The molecule has 1 aromatic heterocycles. The maximum atomic E-state index is 11.9. The molecule has 1 atom stereocenters. The summed E-state index contributed by atoms with van der Waals surface area (Å²) >= 11 is 0. The first-order chi connectivity index (χ1) is 11.7. The first-order valence-electron chi connectivity index (χ1n) is 8.05. The Morgan fingerprint density at radius 2 is 2.00 bits per heavy atom. The highest BCUT2D eigenvalue weighted by Crippen LogP contribution is 2.33. The molecule has 0 N–H and O–H groups in total. The van der Waals surface area contributed by atoms with Crippen molar-refractivity contribution in [3.8, 4) is 5.75 Å². The van der Waals surface area contributed by atoms with Crippen LogP contribution in [0, 0.1) is 0 Å². The third kappa shape index (κ3) is 3.54. The molecule has 0 bridgehead atoms. The van der Waals surface area contributed by atoms with Crippen molar-refractivity contribution in [2.24, 2.45) is 0 Å². The number of nitrogens with zero attached hydrogens (tertiary/aromatic N) is 4. The zero-order valence-corrected chi connectivity index (χ0v) is 14.1. The van der Waals surface area contributed by atoms with Gasteiger partial charge in [-0.1, -0.05) is 18.2 Å². The molecule has 0 radical (unpaired) electrons. The Balaban J connectivity index is 1.90. The number of piperazine rings is 1. The van der Waals surface area contributed by atoms with Gasteiger partial charge in [0.05, 0.1) is 13.2 Å². The van der Waals surface area contributed by atoms with E-state index in [0.29, 0.717) is 6.54 Å². The Labute approximate surface area is 142 Å². The van der Waals surface area contributed by atoms with Crippen molar-refractivity contribution in [1.82, 2.24) is 19.8 Å². The second kappa shape index (κ2) is 7.40. The van der Waals surface area contributed by atoms with Gasteiger partial charge in [0.2, 0.25) is 5.91 Å². The lowest BCUT2D eigenvalue weighted by Crippen LogP contribution is -2.49. The summed E-state index contributed by atoms with van der Waals surface area (Å²) in [5, 5.41) is 0. The molecule has 1 aliphatic rings. The molecule has 1 aromatic carbocycles. The SMILES string of the molecule is COc1ccccc1C1CN(C(C)=O)CCN1Cc1cncnc1. The second-order valence-corrected chi connectivity index (χ2v) is 5.94. The highest BCUT2D eigenvalue weighted by atomic mass is 16.5. The topological polar surface area (TPSA) is 58.6 Å². The Kier molecular flexibility index (Phi) is 5.05. The van der Waals surface area contributed by atoms with Crippen LogP contribution in [0.3, 0.4) is 0 Å². The predicted octanol–water partition coefficient (Wildman–Crippen LogP) is 1.89. The normalized spacial score (nSPS) is 18.4. The summed E-state index contributed by atoms with van der Waals surface area (Å²) in [6.45, 7) is 4.56. The van der Waals surface area contributed by atoms with Crippen LogP contribution < -0.4 is 4.74 Å². The molecule has 2 aromatic rings. The number of para-hydroxylation sites is 1. The third-order valence-electron chi connectivity index (χ3n) is 4.43. The minimum atomic E-state index is 0.0824. The number of methoxy groups -OCH3 is 1. The number of amides is 1. The number of rotatable bonds is 4. The maximum Gasteiger partial charge on any atom is 0.219 e. The van der Waals surface area contributed by atoms with Crippen LogP contribution in [0.25, 0.3) is 0 Å². The fraction of sp³-hybridized carbons (Fsp3) is 0.389. The molecule has 0 aliphatic carbocycles. The Morgan fingerprint density at radius 1 is 1.25 bits per heavy atom. The van der Waals surface area contributed by atoms with E-state index >= 15 is 0 Å². The molecule has 0 saturated carbocycles. The van der Waals surface area contributed by atoms with Crippen LogP contribution in [0.2, 0.25) is 0 Å². The Hall–Kier alpha value is -2.47. The number of carbonyl (C=O) groups is 1. The zero-order chi connectivity index (χ0) is 16.9. The Morgan fingerprint density at radius 3 is 2.71 bits per heavy atom. The molecule has 1 saturated heterocycles. The molecule has 1 aliphatic heterocycles. The third-order valence-corrected chi connectivity index (χ3v) is 4.43. The molecule has 6 nitrogen and oxygen atoms in total. The lowest BCUT2D eigenvalue weighted by Gasteiger charge is -2.41. The molecular weight excluding hydrogens is 304 g/mol. The van der Waals surface area contributed by atoms with E-state index in [4.69, 9.17) is 4.74 Å².